The van der Waals surface area contributed by atoms with Crippen LogP contribution in [0.3, 0.4) is 0 Å². The van der Waals surface area contributed by atoms with E-state index in [2.05, 4.69) is 18.9 Å². The summed E-state index contributed by atoms with van der Waals surface area (Å²) in [4.78, 5) is 20.6. The third-order valence-corrected chi connectivity index (χ3v) is 10.4. The molecule has 3 heterocycles. The zero-order valence-electron chi connectivity index (χ0n) is 23.4. The van der Waals surface area contributed by atoms with Crippen molar-refractivity contribution in [1.29, 1.82) is 0 Å². The van der Waals surface area contributed by atoms with Gasteiger partial charge in [-0.15, -0.1) is 0 Å². The van der Waals surface area contributed by atoms with Gasteiger partial charge in [-0.2, -0.15) is 9.40 Å². The molecule has 1 fully saturated rings. The van der Waals surface area contributed by atoms with Crippen LogP contribution in [-0.4, -0.2) is 53.0 Å². The van der Waals surface area contributed by atoms with E-state index in [-0.39, 0.29) is 10.8 Å². The first-order chi connectivity index (χ1) is 18.9. The standard InChI is InChI=1S/C29H34ClN5O3S2/c1-18-12-19(2)17-33(16-18)40(37,38)25-8-6-23(7-9-25)28(36)34(10-11-35-22(5)14-21(4)32-35)29-31-27-20(3)13-24(30)15-26(27)39-29/h6-9,13-15,18-19H,10-12,16-17H2,1-5H3. The van der Waals surface area contributed by atoms with Gasteiger partial charge in [0.2, 0.25) is 10.0 Å². The molecule has 0 saturated carbocycles. The maximum Gasteiger partial charge on any atom is 0.260 e. The first-order valence-electron chi connectivity index (χ1n) is 13.4. The van der Waals surface area contributed by atoms with Gasteiger partial charge in [0, 0.05) is 35.9 Å². The SMILES string of the molecule is Cc1cc(C)n(CCN(C(=O)c2ccc(S(=O)(=O)N3CC(C)CC(C)C3)cc2)c2nc3c(C)cc(Cl)cc3s2)n1. The molecule has 0 radical (unpaired) electrons. The Hall–Kier alpha value is -2.79. The molecular weight excluding hydrogens is 566 g/mol. The minimum absolute atomic E-state index is 0.199. The van der Waals surface area contributed by atoms with Crippen LogP contribution >= 0.6 is 22.9 Å². The van der Waals surface area contributed by atoms with Gasteiger partial charge in [0.15, 0.2) is 5.13 Å². The molecule has 2 aromatic heterocycles. The number of hydrogen-bond acceptors (Lipinski definition) is 6. The normalized spacial score (nSPS) is 18.4. The molecule has 2 unspecified atom stereocenters. The number of carbonyl (C=O) groups excluding carboxylic acids is 1. The second-order valence-corrected chi connectivity index (χ2v) is 14.3. The lowest BCUT2D eigenvalue weighted by atomic mass is 9.94. The fourth-order valence-corrected chi connectivity index (χ4v) is 8.64. The highest BCUT2D eigenvalue weighted by Crippen LogP contribution is 2.34. The van der Waals surface area contributed by atoms with Gasteiger partial charge in [0.25, 0.3) is 5.91 Å². The summed E-state index contributed by atoms with van der Waals surface area (Å²) < 4.78 is 31.1. The Bertz CT molecular complexity index is 1650. The number of piperidine rings is 1. The lowest BCUT2D eigenvalue weighted by Crippen LogP contribution is -2.42. The van der Waals surface area contributed by atoms with E-state index in [1.54, 1.807) is 21.3 Å². The Morgan fingerprint density at radius 2 is 1.75 bits per heavy atom. The first kappa shape index (κ1) is 28.7. The minimum atomic E-state index is -3.64. The van der Waals surface area contributed by atoms with Gasteiger partial charge in [0.05, 0.1) is 27.4 Å². The zero-order valence-corrected chi connectivity index (χ0v) is 25.8. The van der Waals surface area contributed by atoms with Crippen molar-refractivity contribution in [2.45, 2.75) is 52.5 Å². The topological polar surface area (TPSA) is 88.4 Å². The van der Waals surface area contributed by atoms with Crippen molar-refractivity contribution < 1.29 is 13.2 Å². The van der Waals surface area contributed by atoms with E-state index in [9.17, 15) is 13.2 Å². The van der Waals surface area contributed by atoms with E-state index in [0.717, 1.165) is 33.6 Å². The molecule has 11 heteroatoms. The highest BCUT2D eigenvalue weighted by atomic mass is 35.5. The number of hydrogen-bond donors (Lipinski definition) is 0. The second kappa shape index (κ2) is 11.2. The molecule has 2 aromatic carbocycles. The number of rotatable bonds is 7. The average molecular weight is 600 g/mol. The molecule has 0 aliphatic carbocycles. The summed E-state index contributed by atoms with van der Waals surface area (Å²) in [5.41, 5.74) is 4.05. The second-order valence-electron chi connectivity index (χ2n) is 11.0. The summed E-state index contributed by atoms with van der Waals surface area (Å²) in [6.45, 7) is 11.9. The summed E-state index contributed by atoms with van der Waals surface area (Å²) in [5.74, 6) is 0.360. The predicted molar refractivity (Wildman–Crippen MR) is 161 cm³/mol. The van der Waals surface area contributed by atoms with Crippen LogP contribution < -0.4 is 4.90 Å². The quantitative estimate of drug-likeness (QED) is 0.257. The van der Waals surface area contributed by atoms with Crippen LogP contribution in [0.15, 0.2) is 47.4 Å². The summed E-state index contributed by atoms with van der Waals surface area (Å²) in [6, 6.07) is 12.0. The number of aromatic nitrogens is 3. The number of sulfonamides is 1. The van der Waals surface area contributed by atoms with Crippen LogP contribution in [0, 0.1) is 32.6 Å². The molecule has 40 heavy (non-hydrogen) atoms. The highest BCUT2D eigenvalue weighted by molar-refractivity contribution is 7.89. The maximum absolute atomic E-state index is 13.9. The number of fused-ring (bicyclic) bond motifs is 1. The van der Waals surface area contributed by atoms with Crippen LogP contribution in [0.4, 0.5) is 5.13 Å². The van der Waals surface area contributed by atoms with Gasteiger partial charge in [-0.3, -0.25) is 14.4 Å². The van der Waals surface area contributed by atoms with Crippen molar-refractivity contribution in [2.75, 3.05) is 24.5 Å². The molecule has 212 valence electrons. The summed E-state index contributed by atoms with van der Waals surface area (Å²) in [7, 11) is -3.64. The van der Waals surface area contributed by atoms with Crippen molar-refractivity contribution in [3.05, 3.63) is 70.0 Å². The van der Waals surface area contributed by atoms with Crippen molar-refractivity contribution in [3.63, 3.8) is 0 Å². The van der Waals surface area contributed by atoms with Crippen LogP contribution in [-0.2, 0) is 16.6 Å². The molecule has 1 aliphatic rings. The van der Waals surface area contributed by atoms with E-state index in [0.29, 0.717) is 53.7 Å². The highest BCUT2D eigenvalue weighted by Gasteiger charge is 2.32. The number of benzene rings is 2. The van der Waals surface area contributed by atoms with E-state index in [4.69, 9.17) is 16.6 Å². The van der Waals surface area contributed by atoms with E-state index in [1.165, 1.54) is 23.5 Å². The number of amides is 1. The third kappa shape index (κ3) is 5.81. The van der Waals surface area contributed by atoms with Gasteiger partial charge in [-0.25, -0.2) is 13.4 Å². The lowest BCUT2D eigenvalue weighted by molar-refractivity contribution is 0.0985. The molecule has 0 spiro atoms. The van der Waals surface area contributed by atoms with Crippen molar-refractivity contribution >= 4 is 54.2 Å². The minimum Gasteiger partial charge on any atom is -0.282 e. The van der Waals surface area contributed by atoms with Gasteiger partial charge < -0.3 is 0 Å². The Balaban J connectivity index is 1.45. The summed E-state index contributed by atoms with van der Waals surface area (Å²) in [6.07, 6.45) is 1.02. The van der Waals surface area contributed by atoms with Crippen LogP contribution in [0.2, 0.25) is 5.02 Å². The fourth-order valence-electron chi connectivity index (χ4n) is 5.51. The van der Waals surface area contributed by atoms with E-state index in [1.807, 2.05) is 43.7 Å². The molecule has 1 aliphatic heterocycles. The molecule has 4 aromatic rings. The number of nitrogens with zero attached hydrogens (tertiary/aromatic N) is 5. The number of carbonyl (C=O) groups is 1. The van der Waals surface area contributed by atoms with E-state index >= 15 is 0 Å². The smallest absolute Gasteiger partial charge is 0.260 e. The van der Waals surface area contributed by atoms with Crippen molar-refractivity contribution in [2.24, 2.45) is 11.8 Å². The molecule has 0 N–H and O–H groups in total. The molecular formula is C29H34ClN5O3S2. The Morgan fingerprint density at radius 1 is 1.07 bits per heavy atom. The van der Waals surface area contributed by atoms with Gasteiger partial charge >= 0.3 is 0 Å². The lowest BCUT2D eigenvalue weighted by Gasteiger charge is -2.34. The number of aryl methyl sites for hydroxylation is 3. The molecule has 5 rings (SSSR count). The van der Waals surface area contributed by atoms with Crippen LogP contribution in [0.25, 0.3) is 10.2 Å². The van der Waals surface area contributed by atoms with E-state index < -0.39 is 10.0 Å². The average Bonchev–Trinajstić information content (AvgIpc) is 3.45. The van der Waals surface area contributed by atoms with Gasteiger partial charge in [0.1, 0.15) is 0 Å². The van der Waals surface area contributed by atoms with Gasteiger partial charge in [-0.1, -0.05) is 36.8 Å². The number of thiazole rings is 1. The van der Waals surface area contributed by atoms with Crippen LogP contribution in [0.5, 0.6) is 0 Å². The molecule has 1 amide bonds. The molecule has 1 saturated heterocycles. The van der Waals surface area contributed by atoms with Crippen LogP contribution in [0.1, 0.15) is 47.6 Å². The first-order valence-corrected chi connectivity index (χ1v) is 16.1. The number of halogens is 1. The zero-order chi connectivity index (χ0) is 28.8. The molecule has 8 nitrogen and oxygen atoms in total. The maximum atomic E-state index is 13.9. The summed E-state index contributed by atoms with van der Waals surface area (Å²) in [5, 5.41) is 5.72. The van der Waals surface area contributed by atoms with Gasteiger partial charge in [-0.05, 0) is 87.1 Å². The number of anilines is 1. The largest absolute Gasteiger partial charge is 0.282 e. The Kier molecular flexibility index (Phi) is 8.07. The molecule has 0 bridgehead atoms. The molecule has 2 atom stereocenters. The fraction of sp³-hybridized carbons (Fsp3) is 0.414. The summed E-state index contributed by atoms with van der Waals surface area (Å²) >= 11 is 7.70. The van der Waals surface area contributed by atoms with Crippen molar-refractivity contribution in [1.82, 2.24) is 19.1 Å². The Morgan fingerprint density at radius 3 is 2.38 bits per heavy atom. The monoisotopic (exact) mass is 599 g/mol. The van der Waals surface area contributed by atoms with Crippen molar-refractivity contribution in [3.8, 4) is 0 Å². The third-order valence-electron chi connectivity index (χ3n) is 7.33. The Labute approximate surface area is 244 Å². The predicted octanol–water partition coefficient (Wildman–Crippen LogP) is 6.09.